The van der Waals surface area contributed by atoms with Crippen LogP contribution in [0.15, 0.2) is 0 Å². The minimum Gasteiger partial charge on any atom is -0.315 e. The van der Waals surface area contributed by atoms with Crippen LogP contribution in [0.3, 0.4) is 0 Å². The Morgan fingerprint density at radius 1 is 1.25 bits per heavy atom. The third-order valence-electron chi connectivity index (χ3n) is 2.78. The zero-order chi connectivity index (χ0) is 12.0. The van der Waals surface area contributed by atoms with Crippen molar-refractivity contribution in [3.05, 3.63) is 0 Å². The smallest absolute Gasteiger partial charge is 0.282 e. The van der Waals surface area contributed by atoms with Crippen molar-refractivity contribution in [3.63, 3.8) is 0 Å². The molecule has 1 saturated heterocycles. The van der Waals surface area contributed by atoms with Crippen LogP contribution >= 0.6 is 0 Å². The average molecular weight is 249 g/mol. The molecule has 0 amide bonds. The predicted molar refractivity (Wildman–Crippen MR) is 65.5 cm³/mol. The van der Waals surface area contributed by atoms with Gasteiger partial charge in [-0.2, -0.15) is 17.0 Å². The van der Waals surface area contributed by atoms with Crippen LogP contribution in [0.2, 0.25) is 0 Å². The molecule has 0 unspecified atom stereocenters. The molecule has 0 saturated carbocycles. The van der Waals surface area contributed by atoms with Gasteiger partial charge in [0.1, 0.15) is 0 Å². The molecule has 0 bridgehead atoms. The number of nitrogens with one attached hydrogen (secondary N) is 1. The summed E-state index contributed by atoms with van der Waals surface area (Å²) in [6.45, 7) is 7.95. The summed E-state index contributed by atoms with van der Waals surface area (Å²) in [6.07, 6.45) is 1.75. The van der Waals surface area contributed by atoms with Crippen LogP contribution in [0.5, 0.6) is 0 Å². The lowest BCUT2D eigenvalue weighted by molar-refractivity contribution is 0.350. The van der Waals surface area contributed by atoms with Crippen molar-refractivity contribution in [2.75, 3.05) is 39.3 Å². The molecule has 96 valence electrons. The van der Waals surface area contributed by atoms with E-state index in [1.807, 2.05) is 13.8 Å². The lowest BCUT2D eigenvalue weighted by Crippen LogP contribution is -2.45. The van der Waals surface area contributed by atoms with Gasteiger partial charge in [0, 0.05) is 32.7 Å². The molecule has 1 N–H and O–H groups in total. The minimum absolute atomic E-state index is 0.556. The number of rotatable bonds is 5. The SMILES string of the molecule is CCCN(CC)S(=O)(=O)N1CCCNCC1. The summed E-state index contributed by atoms with van der Waals surface area (Å²) >= 11 is 0. The first kappa shape index (κ1) is 13.9. The fourth-order valence-electron chi connectivity index (χ4n) is 1.90. The Morgan fingerprint density at radius 2 is 2.00 bits per heavy atom. The zero-order valence-electron chi connectivity index (χ0n) is 10.3. The van der Waals surface area contributed by atoms with Gasteiger partial charge in [0.2, 0.25) is 0 Å². The fraction of sp³-hybridized carbons (Fsp3) is 1.00. The van der Waals surface area contributed by atoms with Crippen molar-refractivity contribution in [2.45, 2.75) is 26.7 Å². The van der Waals surface area contributed by atoms with E-state index in [4.69, 9.17) is 0 Å². The molecule has 0 aromatic rings. The van der Waals surface area contributed by atoms with Crippen LogP contribution in [-0.2, 0) is 10.2 Å². The van der Waals surface area contributed by atoms with Gasteiger partial charge in [-0.25, -0.2) is 0 Å². The summed E-state index contributed by atoms with van der Waals surface area (Å²) in [7, 11) is -3.23. The summed E-state index contributed by atoms with van der Waals surface area (Å²) in [4.78, 5) is 0. The molecular weight excluding hydrogens is 226 g/mol. The van der Waals surface area contributed by atoms with Crippen LogP contribution in [0.25, 0.3) is 0 Å². The van der Waals surface area contributed by atoms with Gasteiger partial charge < -0.3 is 5.32 Å². The minimum atomic E-state index is -3.23. The molecule has 1 aliphatic heterocycles. The molecule has 1 fully saturated rings. The van der Waals surface area contributed by atoms with E-state index in [1.165, 1.54) is 0 Å². The van der Waals surface area contributed by atoms with Crippen molar-refractivity contribution in [3.8, 4) is 0 Å². The summed E-state index contributed by atoms with van der Waals surface area (Å²) in [6, 6.07) is 0. The van der Waals surface area contributed by atoms with Gasteiger partial charge in [0.25, 0.3) is 10.2 Å². The van der Waals surface area contributed by atoms with Crippen molar-refractivity contribution in [2.24, 2.45) is 0 Å². The second-order valence-corrected chi connectivity index (χ2v) is 5.93. The maximum absolute atomic E-state index is 12.3. The van der Waals surface area contributed by atoms with E-state index in [2.05, 4.69) is 5.32 Å². The zero-order valence-corrected chi connectivity index (χ0v) is 11.1. The first-order valence-electron chi connectivity index (χ1n) is 6.08. The van der Waals surface area contributed by atoms with E-state index in [0.717, 1.165) is 25.9 Å². The van der Waals surface area contributed by atoms with E-state index < -0.39 is 10.2 Å². The summed E-state index contributed by atoms with van der Waals surface area (Å²) < 4.78 is 27.7. The highest BCUT2D eigenvalue weighted by Crippen LogP contribution is 2.10. The third kappa shape index (κ3) is 3.41. The van der Waals surface area contributed by atoms with Crippen LogP contribution < -0.4 is 5.32 Å². The van der Waals surface area contributed by atoms with Gasteiger partial charge >= 0.3 is 0 Å². The molecule has 1 rings (SSSR count). The molecular formula is C10H23N3O2S. The van der Waals surface area contributed by atoms with Gasteiger partial charge in [0.05, 0.1) is 0 Å². The molecule has 16 heavy (non-hydrogen) atoms. The third-order valence-corrected chi connectivity index (χ3v) is 4.89. The van der Waals surface area contributed by atoms with Crippen molar-refractivity contribution in [1.29, 1.82) is 0 Å². The normalized spacial score (nSPS) is 19.9. The summed E-state index contributed by atoms with van der Waals surface area (Å²) in [5.74, 6) is 0. The van der Waals surface area contributed by atoms with E-state index >= 15 is 0 Å². The van der Waals surface area contributed by atoms with E-state index in [9.17, 15) is 8.42 Å². The van der Waals surface area contributed by atoms with E-state index in [-0.39, 0.29) is 0 Å². The van der Waals surface area contributed by atoms with Crippen LogP contribution in [0.4, 0.5) is 0 Å². The van der Waals surface area contributed by atoms with Crippen molar-refractivity contribution < 1.29 is 8.42 Å². The standard InChI is InChI=1S/C10H23N3O2S/c1-3-8-12(4-2)16(14,15)13-9-5-6-11-7-10-13/h11H,3-10H2,1-2H3. The summed E-state index contributed by atoms with van der Waals surface area (Å²) in [5, 5.41) is 3.21. The molecule has 1 heterocycles. The molecule has 0 spiro atoms. The Hall–Kier alpha value is -0.170. The van der Waals surface area contributed by atoms with E-state index in [0.29, 0.717) is 26.2 Å². The molecule has 0 aromatic heterocycles. The van der Waals surface area contributed by atoms with Gasteiger partial charge in [-0.15, -0.1) is 0 Å². The first-order valence-corrected chi connectivity index (χ1v) is 7.48. The van der Waals surface area contributed by atoms with Crippen molar-refractivity contribution >= 4 is 10.2 Å². The highest BCUT2D eigenvalue weighted by atomic mass is 32.2. The monoisotopic (exact) mass is 249 g/mol. The van der Waals surface area contributed by atoms with Gasteiger partial charge in [-0.1, -0.05) is 13.8 Å². The van der Waals surface area contributed by atoms with Crippen LogP contribution in [0, 0.1) is 0 Å². The number of hydrogen-bond acceptors (Lipinski definition) is 3. The Morgan fingerprint density at radius 3 is 2.62 bits per heavy atom. The summed E-state index contributed by atoms with van der Waals surface area (Å²) in [5.41, 5.74) is 0. The number of nitrogens with zero attached hydrogens (tertiary/aromatic N) is 2. The topological polar surface area (TPSA) is 52.7 Å². The maximum Gasteiger partial charge on any atom is 0.282 e. The number of hydrogen-bond donors (Lipinski definition) is 1. The largest absolute Gasteiger partial charge is 0.315 e. The average Bonchev–Trinajstić information content (AvgIpc) is 2.54. The highest BCUT2D eigenvalue weighted by molar-refractivity contribution is 7.86. The second kappa shape index (κ2) is 6.54. The molecule has 0 aromatic carbocycles. The van der Waals surface area contributed by atoms with E-state index in [1.54, 1.807) is 8.61 Å². The molecule has 0 radical (unpaired) electrons. The van der Waals surface area contributed by atoms with Gasteiger partial charge in [0.15, 0.2) is 0 Å². The molecule has 0 aliphatic carbocycles. The maximum atomic E-state index is 12.3. The Bertz CT molecular complexity index is 284. The lowest BCUT2D eigenvalue weighted by Gasteiger charge is -2.27. The molecule has 1 aliphatic rings. The quantitative estimate of drug-likeness (QED) is 0.760. The Balaban J connectivity index is 2.72. The Labute approximate surface area is 99.0 Å². The Kier molecular flexibility index (Phi) is 5.68. The lowest BCUT2D eigenvalue weighted by atomic mass is 10.4. The molecule has 5 nitrogen and oxygen atoms in total. The fourth-order valence-corrected chi connectivity index (χ4v) is 3.65. The van der Waals surface area contributed by atoms with Crippen LogP contribution in [-0.4, -0.2) is 56.3 Å². The molecule has 0 atom stereocenters. The first-order chi connectivity index (χ1) is 7.62. The van der Waals surface area contributed by atoms with Crippen molar-refractivity contribution in [1.82, 2.24) is 13.9 Å². The predicted octanol–water partition coefficient (Wildman–Crippen LogP) is 0.258. The second-order valence-electron chi connectivity index (χ2n) is 4.00. The van der Waals surface area contributed by atoms with Gasteiger partial charge in [-0.3, -0.25) is 0 Å². The van der Waals surface area contributed by atoms with Crippen LogP contribution in [0.1, 0.15) is 26.7 Å². The van der Waals surface area contributed by atoms with Gasteiger partial charge in [-0.05, 0) is 19.4 Å². The highest BCUT2D eigenvalue weighted by Gasteiger charge is 2.28. The molecule has 6 heteroatoms.